The summed E-state index contributed by atoms with van der Waals surface area (Å²) < 4.78 is 18.7. The Hall–Kier alpha value is -2.41. The van der Waals surface area contributed by atoms with Gasteiger partial charge in [0.25, 0.3) is 0 Å². The lowest BCUT2D eigenvalue weighted by molar-refractivity contribution is 0.0229. The first-order valence-corrected chi connectivity index (χ1v) is 8.83. The SMILES string of the molecule is Cc1cnc(C2CN(C)CC23CN(C(=O)NCc2ccc(F)cc2)C3)o1. The van der Waals surface area contributed by atoms with Crippen molar-refractivity contribution in [2.24, 2.45) is 5.41 Å². The van der Waals surface area contributed by atoms with Gasteiger partial charge in [0.05, 0.1) is 12.1 Å². The van der Waals surface area contributed by atoms with E-state index >= 15 is 0 Å². The normalized spacial score (nSPS) is 21.8. The molecule has 138 valence electrons. The molecule has 1 aromatic carbocycles. The fourth-order valence-electron chi connectivity index (χ4n) is 4.16. The maximum absolute atomic E-state index is 12.9. The van der Waals surface area contributed by atoms with Gasteiger partial charge in [-0.2, -0.15) is 0 Å². The number of nitrogens with zero attached hydrogens (tertiary/aromatic N) is 3. The van der Waals surface area contributed by atoms with Gasteiger partial charge in [-0.1, -0.05) is 12.1 Å². The summed E-state index contributed by atoms with van der Waals surface area (Å²) in [6.07, 6.45) is 1.76. The lowest BCUT2D eigenvalue weighted by Gasteiger charge is -2.50. The van der Waals surface area contributed by atoms with E-state index in [1.807, 2.05) is 11.8 Å². The van der Waals surface area contributed by atoms with Gasteiger partial charge in [-0.3, -0.25) is 0 Å². The summed E-state index contributed by atoms with van der Waals surface area (Å²) in [4.78, 5) is 20.9. The van der Waals surface area contributed by atoms with Crippen molar-refractivity contribution in [3.63, 3.8) is 0 Å². The molecule has 1 aromatic heterocycles. The summed E-state index contributed by atoms with van der Waals surface area (Å²) in [5.74, 6) is 1.53. The van der Waals surface area contributed by atoms with Crippen LogP contribution in [-0.4, -0.2) is 54.0 Å². The average Bonchev–Trinajstić information content (AvgIpc) is 3.15. The molecule has 7 heteroatoms. The Morgan fingerprint density at radius 2 is 2.08 bits per heavy atom. The van der Waals surface area contributed by atoms with Gasteiger partial charge in [0.2, 0.25) is 0 Å². The van der Waals surface area contributed by atoms with E-state index in [0.717, 1.165) is 30.3 Å². The molecular formula is C19H23FN4O2. The number of aromatic nitrogens is 1. The van der Waals surface area contributed by atoms with E-state index in [-0.39, 0.29) is 23.2 Å². The van der Waals surface area contributed by atoms with Crippen LogP contribution >= 0.6 is 0 Å². The van der Waals surface area contributed by atoms with Crippen LogP contribution in [-0.2, 0) is 6.54 Å². The van der Waals surface area contributed by atoms with E-state index in [4.69, 9.17) is 4.42 Å². The number of amides is 2. The third-order valence-corrected chi connectivity index (χ3v) is 5.41. The van der Waals surface area contributed by atoms with Crippen LogP contribution < -0.4 is 5.32 Å². The Labute approximate surface area is 152 Å². The maximum Gasteiger partial charge on any atom is 0.317 e. The first-order chi connectivity index (χ1) is 12.4. The number of carbonyl (C=O) groups is 1. The number of likely N-dealkylation sites (N-methyl/N-ethyl adjacent to an activating group) is 1. The van der Waals surface area contributed by atoms with Crippen molar-refractivity contribution in [1.29, 1.82) is 0 Å². The molecule has 0 aliphatic carbocycles. The first-order valence-electron chi connectivity index (χ1n) is 8.83. The number of rotatable bonds is 3. The second kappa shape index (κ2) is 6.39. The average molecular weight is 358 g/mol. The molecule has 1 spiro atoms. The number of nitrogens with one attached hydrogen (secondary N) is 1. The zero-order chi connectivity index (χ0) is 18.3. The van der Waals surface area contributed by atoms with Crippen LogP contribution in [0.25, 0.3) is 0 Å². The smallest absolute Gasteiger partial charge is 0.317 e. The molecule has 1 N–H and O–H groups in total. The molecule has 2 aliphatic heterocycles. The minimum absolute atomic E-state index is 0.0132. The topological polar surface area (TPSA) is 61.6 Å². The summed E-state index contributed by atoms with van der Waals surface area (Å²) in [5.41, 5.74) is 0.892. The van der Waals surface area contributed by atoms with Crippen molar-refractivity contribution in [2.45, 2.75) is 19.4 Å². The van der Waals surface area contributed by atoms with Crippen LogP contribution in [0.3, 0.4) is 0 Å². The van der Waals surface area contributed by atoms with Gasteiger partial charge in [-0.15, -0.1) is 0 Å². The molecule has 0 bridgehead atoms. The number of hydrogen-bond donors (Lipinski definition) is 1. The zero-order valence-corrected chi connectivity index (χ0v) is 15.0. The summed E-state index contributed by atoms with van der Waals surface area (Å²) in [6.45, 7) is 5.51. The van der Waals surface area contributed by atoms with E-state index in [0.29, 0.717) is 19.6 Å². The molecule has 1 unspecified atom stereocenters. The Balaban J connectivity index is 1.37. The molecule has 2 saturated heterocycles. The van der Waals surface area contributed by atoms with Crippen LogP contribution in [0.2, 0.25) is 0 Å². The first kappa shape index (κ1) is 17.0. The van der Waals surface area contributed by atoms with Crippen molar-refractivity contribution in [3.05, 3.63) is 53.5 Å². The highest BCUT2D eigenvalue weighted by Crippen LogP contribution is 2.48. The van der Waals surface area contributed by atoms with Gasteiger partial charge in [-0.05, 0) is 31.7 Å². The molecule has 6 nitrogen and oxygen atoms in total. The number of urea groups is 1. The molecule has 4 rings (SSSR count). The van der Waals surface area contributed by atoms with Gasteiger partial charge in [0, 0.05) is 38.1 Å². The number of oxazole rings is 1. The van der Waals surface area contributed by atoms with Crippen LogP contribution in [0, 0.1) is 18.2 Å². The number of aryl methyl sites for hydroxylation is 1. The standard InChI is InChI=1S/C19H23FN4O2/c1-13-7-21-17(26-13)16-9-23(2)10-19(16)11-24(12-19)18(25)22-8-14-3-5-15(20)6-4-14/h3-7,16H,8-12H2,1-2H3,(H,22,25). The van der Waals surface area contributed by atoms with Crippen molar-refractivity contribution in [2.75, 3.05) is 33.2 Å². The van der Waals surface area contributed by atoms with Gasteiger partial charge in [-0.25, -0.2) is 14.2 Å². The highest BCUT2D eigenvalue weighted by atomic mass is 19.1. The number of likely N-dealkylation sites (tertiary alicyclic amines) is 2. The predicted molar refractivity (Wildman–Crippen MR) is 94.1 cm³/mol. The van der Waals surface area contributed by atoms with Crippen LogP contribution in [0.5, 0.6) is 0 Å². The largest absolute Gasteiger partial charge is 0.446 e. The summed E-state index contributed by atoms with van der Waals surface area (Å²) in [7, 11) is 2.09. The summed E-state index contributed by atoms with van der Waals surface area (Å²) in [5, 5.41) is 2.91. The fraction of sp³-hybridized carbons (Fsp3) is 0.474. The van der Waals surface area contributed by atoms with E-state index in [9.17, 15) is 9.18 Å². The molecule has 2 amide bonds. The van der Waals surface area contributed by atoms with Crippen molar-refractivity contribution >= 4 is 6.03 Å². The predicted octanol–water partition coefficient (Wildman–Crippen LogP) is 2.36. The highest BCUT2D eigenvalue weighted by Gasteiger charge is 2.56. The summed E-state index contributed by atoms with van der Waals surface area (Å²) in [6, 6.07) is 6.08. The minimum atomic E-state index is -0.275. The molecule has 2 fully saturated rings. The van der Waals surface area contributed by atoms with Crippen molar-refractivity contribution in [3.8, 4) is 0 Å². The van der Waals surface area contributed by atoms with Crippen LogP contribution in [0.4, 0.5) is 9.18 Å². The molecule has 1 atom stereocenters. The van der Waals surface area contributed by atoms with E-state index in [2.05, 4.69) is 22.2 Å². The number of carbonyl (C=O) groups excluding carboxylic acids is 1. The van der Waals surface area contributed by atoms with Crippen molar-refractivity contribution < 1.29 is 13.6 Å². The molecule has 2 aliphatic rings. The third-order valence-electron chi connectivity index (χ3n) is 5.41. The molecule has 26 heavy (non-hydrogen) atoms. The number of halogens is 1. The second-order valence-electron chi connectivity index (χ2n) is 7.56. The quantitative estimate of drug-likeness (QED) is 0.915. The number of benzene rings is 1. The van der Waals surface area contributed by atoms with Gasteiger partial charge < -0.3 is 19.5 Å². The monoisotopic (exact) mass is 358 g/mol. The number of hydrogen-bond acceptors (Lipinski definition) is 4. The Morgan fingerprint density at radius 3 is 2.73 bits per heavy atom. The molecule has 2 aromatic rings. The lowest BCUT2D eigenvalue weighted by Crippen LogP contribution is -2.63. The lowest BCUT2D eigenvalue weighted by atomic mass is 9.71. The maximum atomic E-state index is 12.9. The Morgan fingerprint density at radius 1 is 1.35 bits per heavy atom. The Bertz CT molecular complexity index is 798. The molecule has 0 radical (unpaired) electrons. The van der Waals surface area contributed by atoms with Gasteiger partial charge >= 0.3 is 6.03 Å². The molecular weight excluding hydrogens is 335 g/mol. The summed E-state index contributed by atoms with van der Waals surface area (Å²) >= 11 is 0. The fourth-order valence-corrected chi connectivity index (χ4v) is 4.16. The van der Waals surface area contributed by atoms with Gasteiger partial charge in [0.1, 0.15) is 11.6 Å². The van der Waals surface area contributed by atoms with Crippen LogP contribution in [0.1, 0.15) is 23.1 Å². The molecule has 0 saturated carbocycles. The highest BCUT2D eigenvalue weighted by molar-refractivity contribution is 5.75. The van der Waals surface area contributed by atoms with Gasteiger partial charge in [0.15, 0.2) is 5.89 Å². The van der Waals surface area contributed by atoms with E-state index < -0.39 is 0 Å². The van der Waals surface area contributed by atoms with E-state index in [1.165, 1.54) is 12.1 Å². The van der Waals surface area contributed by atoms with E-state index in [1.54, 1.807) is 18.3 Å². The minimum Gasteiger partial charge on any atom is -0.446 e. The zero-order valence-electron chi connectivity index (χ0n) is 15.0. The third kappa shape index (κ3) is 3.07. The molecule has 3 heterocycles. The van der Waals surface area contributed by atoms with Crippen LogP contribution in [0.15, 0.2) is 34.9 Å². The van der Waals surface area contributed by atoms with Crippen molar-refractivity contribution in [1.82, 2.24) is 20.1 Å². The Kier molecular flexibility index (Phi) is 4.19. The second-order valence-corrected chi connectivity index (χ2v) is 7.56.